The number of nitrogens with two attached hydrogens (primary N) is 1. The third-order valence-corrected chi connectivity index (χ3v) is 6.77. The van der Waals surface area contributed by atoms with Gasteiger partial charge in [-0.25, -0.2) is 8.42 Å². The first-order chi connectivity index (χ1) is 12.5. The molecular weight excluding hydrogens is 350 g/mol. The second kappa shape index (κ2) is 7.57. The smallest absolute Gasteiger partial charge is 0.251 e. The zero-order valence-corrected chi connectivity index (χ0v) is 15.4. The molecule has 3 N–H and O–H groups in total. The maximum atomic E-state index is 13.0. The molecule has 0 bridgehead atoms. The number of hydrogen-bond donors (Lipinski definition) is 2. The molecule has 7 heteroatoms. The summed E-state index contributed by atoms with van der Waals surface area (Å²) in [6, 6.07) is 15.9. The lowest BCUT2D eigenvalue weighted by molar-refractivity contribution is 0.0963. The summed E-state index contributed by atoms with van der Waals surface area (Å²) in [5.41, 5.74) is 7.44. The van der Waals surface area contributed by atoms with Crippen LogP contribution in [0.2, 0.25) is 0 Å². The maximum absolute atomic E-state index is 13.0. The summed E-state index contributed by atoms with van der Waals surface area (Å²) in [5, 5.41) is 2.52. The number of hydrogen-bond acceptors (Lipinski definition) is 4. The van der Waals surface area contributed by atoms with E-state index in [9.17, 15) is 13.2 Å². The Bertz CT molecular complexity index is 867. The molecule has 26 heavy (non-hydrogen) atoms. The highest BCUT2D eigenvalue weighted by Crippen LogP contribution is 2.35. The monoisotopic (exact) mass is 373 g/mol. The van der Waals surface area contributed by atoms with Crippen LogP contribution < -0.4 is 11.1 Å². The minimum atomic E-state index is -3.63. The molecule has 0 unspecified atom stereocenters. The molecule has 0 aromatic heterocycles. The SMILES string of the molecule is CNC(=O)c1ccc(S(=O)(=O)N2C[C@@H](CN)[C@H](c3ccccc3)C2)cc1. The van der Waals surface area contributed by atoms with E-state index in [1.165, 1.54) is 35.6 Å². The number of amides is 1. The lowest BCUT2D eigenvalue weighted by Gasteiger charge is -2.17. The zero-order valence-electron chi connectivity index (χ0n) is 14.6. The Labute approximate surface area is 154 Å². The van der Waals surface area contributed by atoms with Gasteiger partial charge in [-0.15, -0.1) is 0 Å². The standard InChI is InChI=1S/C19H23N3O3S/c1-21-19(23)15-7-9-17(10-8-15)26(24,25)22-12-16(11-20)18(13-22)14-5-3-2-4-6-14/h2-10,16,18H,11-13,20H2,1H3,(H,21,23)/t16-,18+/m1/s1. The van der Waals surface area contributed by atoms with Gasteiger partial charge in [0, 0.05) is 31.6 Å². The Morgan fingerprint density at radius 1 is 1.12 bits per heavy atom. The first kappa shape index (κ1) is 18.6. The van der Waals surface area contributed by atoms with Crippen molar-refractivity contribution in [2.75, 3.05) is 26.7 Å². The van der Waals surface area contributed by atoms with Crippen molar-refractivity contribution >= 4 is 15.9 Å². The molecule has 0 saturated carbocycles. The minimum absolute atomic E-state index is 0.0808. The number of benzene rings is 2. The fourth-order valence-electron chi connectivity index (χ4n) is 3.42. The van der Waals surface area contributed by atoms with Crippen LogP contribution in [0.5, 0.6) is 0 Å². The van der Waals surface area contributed by atoms with Crippen molar-refractivity contribution in [3.63, 3.8) is 0 Å². The van der Waals surface area contributed by atoms with Crippen LogP contribution in [0, 0.1) is 5.92 Å². The van der Waals surface area contributed by atoms with Crippen molar-refractivity contribution in [1.29, 1.82) is 0 Å². The average molecular weight is 373 g/mol. The normalized spacial score (nSPS) is 20.8. The highest BCUT2D eigenvalue weighted by molar-refractivity contribution is 7.89. The second-order valence-corrected chi connectivity index (χ2v) is 8.38. The molecule has 1 fully saturated rings. The number of sulfonamides is 1. The van der Waals surface area contributed by atoms with Crippen LogP contribution in [-0.2, 0) is 10.0 Å². The van der Waals surface area contributed by atoms with Gasteiger partial charge in [0.1, 0.15) is 0 Å². The Morgan fingerprint density at radius 2 is 1.77 bits per heavy atom. The number of nitrogens with zero attached hydrogens (tertiary/aromatic N) is 1. The van der Waals surface area contributed by atoms with E-state index in [0.717, 1.165) is 5.56 Å². The van der Waals surface area contributed by atoms with Crippen molar-refractivity contribution in [3.8, 4) is 0 Å². The van der Waals surface area contributed by atoms with Gasteiger partial charge in [-0.1, -0.05) is 30.3 Å². The van der Waals surface area contributed by atoms with E-state index in [-0.39, 0.29) is 22.6 Å². The van der Waals surface area contributed by atoms with Crippen molar-refractivity contribution < 1.29 is 13.2 Å². The lowest BCUT2D eigenvalue weighted by Crippen LogP contribution is -2.30. The molecule has 2 atom stereocenters. The van der Waals surface area contributed by atoms with E-state index in [1.807, 2.05) is 30.3 Å². The molecule has 138 valence electrons. The number of rotatable bonds is 5. The average Bonchev–Trinajstić information content (AvgIpc) is 3.13. The quantitative estimate of drug-likeness (QED) is 0.829. The van der Waals surface area contributed by atoms with Gasteiger partial charge in [0.05, 0.1) is 4.90 Å². The Balaban J connectivity index is 1.85. The van der Waals surface area contributed by atoms with Gasteiger partial charge in [0.25, 0.3) is 5.91 Å². The number of carbonyl (C=O) groups excluding carboxylic acids is 1. The molecule has 2 aromatic rings. The van der Waals surface area contributed by atoms with Gasteiger partial charge < -0.3 is 11.1 Å². The molecule has 3 rings (SSSR count). The van der Waals surface area contributed by atoms with Crippen molar-refractivity contribution in [1.82, 2.24) is 9.62 Å². The summed E-state index contributed by atoms with van der Waals surface area (Å²) in [6.07, 6.45) is 0. The number of carbonyl (C=O) groups is 1. The largest absolute Gasteiger partial charge is 0.355 e. The summed E-state index contributed by atoms with van der Waals surface area (Å²) < 4.78 is 27.5. The van der Waals surface area contributed by atoms with Crippen molar-refractivity contribution in [2.24, 2.45) is 11.7 Å². The van der Waals surface area contributed by atoms with E-state index in [0.29, 0.717) is 25.2 Å². The summed E-state index contributed by atoms with van der Waals surface area (Å²) >= 11 is 0. The van der Waals surface area contributed by atoms with Crippen LogP contribution in [0.25, 0.3) is 0 Å². The summed E-state index contributed by atoms with van der Waals surface area (Å²) in [7, 11) is -2.09. The summed E-state index contributed by atoms with van der Waals surface area (Å²) in [6.45, 7) is 1.24. The van der Waals surface area contributed by atoms with Crippen LogP contribution in [0.15, 0.2) is 59.5 Å². The first-order valence-electron chi connectivity index (χ1n) is 8.54. The fraction of sp³-hybridized carbons (Fsp3) is 0.316. The van der Waals surface area contributed by atoms with Crippen LogP contribution in [0.4, 0.5) is 0 Å². The van der Waals surface area contributed by atoms with Gasteiger partial charge in [-0.05, 0) is 42.3 Å². The molecule has 0 aliphatic carbocycles. The van der Waals surface area contributed by atoms with Crippen molar-refractivity contribution in [3.05, 3.63) is 65.7 Å². The fourth-order valence-corrected chi connectivity index (χ4v) is 4.94. The highest BCUT2D eigenvalue weighted by atomic mass is 32.2. The van der Waals surface area contributed by atoms with Gasteiger partial charge in [0.15, 0.2) is 0 Å². The molecule has 1 amide bonds. The van der Waals surface area contributed by atoms with Crippen molar-refractivity contribution in [2.45, 2.75) is 10.8 Å². The molecule has 1 saturated heterocycles. The van der Waals surface area contributed by atoms with Gasteiger partial charge in [0.2, 0.25) is 10.0 Å². The Kier molecular flexibility index (Phi) is 5.41. The van der Waals surface area contributed by atoms with Crippen LogP contribution in [-0.4, -0.2) is 45.3 Å². The van der Waals surface area contributed by atoms with E-state index in [2.05, 4.69) is 5.32 Å². The highest BCUT2D eigenvalue weighted by Gasteiger charge is 2.39. The van der Waals surface area contributed by atoms with Crippen LogP contribution >= 0.6 is 0 Å². The van der Waals surface area contributed by atoms with Crippen LogP contribution in [0.1, 0.15) is 21.8 Å². The molecule has 0 radical (unpaired) electrons. The molecule has 6 nitrogen and oxygen atoms in total. The Morgan fingerprint density at radius 3 is 2.35 bits per heavy atom. The minimum Gasteiger partial charge on any atom is -0.355 e. The van der Waals surface area contributed by atoms with E-state index < -0.39 is 10.0 Å². The predicted octanol–water partition coefficient (Wildman–Crippen LogP) is 1.41. The van der Waals surface area contributed by atoms with E-state index in [4.69, 9.17) is 5.73 Å². The van der Waals surface area contributed by atoms with Crippen LogP contribution in [0.3, 0.4) is 0 Å². The second-order valence-electron chi connectivity index (χ2n) is 6.44. The van der Waals surface area contributed by atoms with E-state index in [1.54, 1.807) is 0 Å². The number of nitrogens with one attached hydrogen (secondary N) is 1. The third-order valence-electron chi connectivity index (χ3n) is 4.92. The van der Waals surface area contributed by atoms with Gasteiger partial charge in [-0.2, -0.15) is 4.31 Å². The first-order valence-corrected chi connectivity index (χ1v) is 9.98. The zero-order chi connectivity index (χ0) is 18.7. The summed E-state index contributed by atoms with van der Waals surface area (Å²) in [5.74, 6) is -0.0825. The topological polar surface area (TPSA) is 92.5 Å². The van der Waals surface area contributed by atoms with E-state index >= 15 is 0 Å². The lowest BCUT2D eigenvalue weighted by atomic mass is 9.89. The predicted molar refractivity (Wildman–Crippen MR) is 100 cm³/mol. The Hall–Kier alpha value is -2.22. The summed E-state index contributed by atoms with van der Waals surface area (Å²) in [4.78, 5) is 11.8. The molecular formula is C19H23N3O3S. The maximum Gasteiger partial charge on any atom is 0.251 e. The molecule has 1 aliphatic rings. The molecule has 1 heterocycles. The van der Waals surface area contributed by atoms with Gasteiger partial charge in [-0.3, -0.25) is 4.79 Å². The molecule has 0 spiro atoms. The van der Waals surface area contributed by atoms with Gasteiger partial charge >= 0.3 is 0 Å². The molecule has 1 aliphatic heterocycles. The third kappa shape index (κ3) is 3.51. The molecule has 2 aromatic carbocycles.